The first-order valence-corrected chi connectivity index (χ1v) is 10.4. The Morgan fingerprint density at radius 2 is 1.88 bits per heavy atom. The van der Waals surface area contributed by atoms with Gasteiger partial charge in [0.2, 0.25) is 0 Å². The van der Waals surface area contributed by atoms with Crippen LogP contribution < -0.4 is 5.32 Å². The van der Waals surface area contributed by atoms with E-state index in [4.69, 9.17) is 4.74 Å². The largest absolute Gasteiger partial charge is 0.361 e. The third-order valence-electron chi connectivity index (χ3n) is 5.57. The molecule has 1 saturated heterocycles. The Morgan fingerprint density at radius 1 is 1.09 bits per heavy atom. The molecule has 0 spiro atoms. The molecule has 0 bridgehead atoms. The van der Waals surface area contributed by atoms with Crippen molar-refractivity contribution < 1.29 is 18.7 Å². The van der Waals surface area contributed by atoms with E-state index in [1.54, 1.807) is 42.4 Å². The monoisotopic (exact) mass is 433 g/mol. The van der Waals surface area contributed by atoms with Gasteiger partial charge in [-0.1, -0.05) is 42.5 Å². The Labute approximate surface area is 186 Å². The molecule has 4 rings (SSSR count). The number of likely N-dealkylation sites (N-methyl/N-ethyl adjacent to an activating group) is 1. The first-order valence-electron chi connectivity index (χ1n) is 10.4. The van der Waals surface area contributed by atoms with Crippen molar-refractivity contribution in [1.82, 2.24) is 15.2 Å². The molecule has 1 aliphatic rings. The highest BCUT2D eigenvalue weighted by molar-refractivity contribution is 5.93. The van der Waals surface area contributed by atoms with Crippen LogP contribution in [0, 0.1) is 5.82 Å². The lowest BCUT2D eigenvalue weighted by Crippen LogP contribution is -2.61. The molecule has 3 aromatic rings. The molecule has 0 radical (unpaired) electrons. The standard InChI is InChI=1S/C25H24FN3O3/c1-27-24(31)25(17-29(12-13-32-25)23(30)22-10-2-3-11-28-22)16-18-6-4-7-19(14-18)20-8-5-9-21(26)15-20/h2-11,14-15H,12-13,16-17H2,1H3,(H,27,31)/t25-/m1/s1. The third-order valence-corrected chi connectivity index (χ3v) is 5.57. The smallest absolute Gasteiger partial charge is 0.272 e. The average molecular weight is 433 g/mol. The predicted molar refractivity (Wildman–Crippen MR) is 118 cm³/mol. The summed E-state index contributed by atoms with van der Waals surface area (Å²) in [6.07, 6.45) is 1.83. The van der Waals surface area contributed by atoms with Gasteiger partial charge in [0.25, 0.3) is 11.8 Å². The number of aromatic nitrogens is 1. The lowest BCUT2D eigenvalue weighted by Gasteiger charge is -2.41. The van der Waals surface area contributed by atoms with Crippen molar-refractivity contribution in [3.8, 4) is 11.1 Å². The molecule has 1 aromatic heterocycles. The Kier molecular flexibility index (Phi) is 6.28. The zero-order valence-electron chi connectivity index (χ0n) is 17.8. The second-order valence-electron chi connectivity index (χ2n) is 7.75. The van der Waals surface area contributed by atoms with Crippen LogP contribution in [0.1, 0.15) is 16.1 Å². The van der Waals surface area contributed by atoms with Crippen LogP contribution in [0.5, 0.6) is 0 Å². The number of benzene rings is 2. The van der Waals surface area contributed by atoms with E-state index < -0.39 is 5.60 Å². The van der Waals surface area contributed by atoms with E-state index >= 15 is 0 Å². The summed E-state index contributed by atoms with van der Waals surface area (Å²) in [4.78, 5) is 31.7. The number of rotatable bonds is 5. The van der Waals surface area contributed by atoms with Crippen molar-refractivity contribution in [3.05, 3.63) is 90.0 Å². The molecule has 32 heavy (non-hydrogen) atoms. The zero-order chi connectivity index (χ0) is 22.6. The molecule has 0 saturated carbocycles. The summed E-state index contributed by atoms with van der Waals surface area (Å²) in [6, 6.07) is 19.1. The fourth-order valence-corrected chi connectivity index (χ4v) is 4.02. The molecule has 0 unspecified atom stereocenters. The van der Waals surface area contributed by atoms with Crippen LogP contribution in [-0.4, -0.2) is 54.0 Å². The molecular formula is C25H24FN3O3. The van der Waals surface area contributed by atoms with Gasteiger partial charge in [0.1, 0.15) is 11.5 Å². The Morgan fingerprint density at radius 3 is 2.59 bits per heavy atom. The zero-order valence-corrected chi connectivity index (χ0v) is 17.8. The normalized spacial score (nSPS) is 18.2. The quantitative estimate of drug-likeness (QED) is 0.671. The minimum absolute atomic E-state index is 0.103. The number of morpholine rings is 1. The molecule has 1 fully saturated rings. The second-order valence-corrected chi connectivity index (χ2v) is 7.75. The first-order chi connectivity index (χ1) is 15.5. The van der Waals surface area contributed by atoms with Gasteiger partial charge in [-0.3, -0.25) is 14.6 Å². The van der Waals surface area contributed by atoms with Crippen molar-refractivity contribution in [3.63, 3.8) is 0 Å². The molecule has 0 aliphatic carbocycles. The van der Waals surface area contributed by atoms with Gasteiger partial charge < -0.3 is 15.0 Å². The molecule has 7 heteroatoms. The fourth-order valence-electron chi connectivity index (χ4n) is 4.02. The second kappa shape index (κ2) is 9.28. The lowest BCUT2D eigenvalue weighted by molar-refractivity contribution is -0.156. The summed E-state index contributed by atoms with van der Waals surface area (Å²) in [6.45, 7) is 0.708. The Hall–Kier alpha value is -3.58. The Balaban J connectivity index is 1.62. The summed E-state index contributed by atoms with van der Waals surface area (Å²) in [5, 5.41) is 2.68. The number of hydrogen-bond acceptors (Lipinski definition) is 4. The number of amides is 2. The van der Waals surface area contributed by atoms with Crippen LogP contribution in [0.4, 0.5) is 4.39 Å². The van der Waals surface area contributed by atoms with Crippen molar-refractivity contribution in [1.29, 1.82) is 0 Å². The molecule has 1 N–H and O–H groups in total. The molecule has 2 aromatic carbocycles. The average Bonchev–Trinajstić information content (AvgIpc) is 2.84. The van der Waals surface area contributed by atoms with Gasteiger partial charge in [0.05, 0.1) is 13.2 Å². The van der Waals surface area contributed by atoms with E-state index in [1.807, 2.05) is 30.3 Å². The van der Waals surface area contributed by atoms with Crippen LogP contribution in [-0.2, 0) is 16.0 Å². The summed E-state index contributed by atoms with van der Waals surface area (Å²) < 4.78 is 19.7. The predicted octanol–water partition coefficient (Wildman–Crippen LogP) is 3.09. The van der Waals surface area contributed by atoms with Gasteiger partial charge in [0.15, 0.2) is 5.60 Å². The lowest BCUT2D eigenvalue weighted by atomic mass is 9.89. The van der Waals surface area contributed by atoms with E-state index in [-0.39, 0.29) is 37.2 Å². The number of pyridine rings is 1. The molecule has 1 atom stereocenters. The molecule has 164 valence electrons. The van der Waals surface area contributed by atoms with Gasteiger partial charge in [-0.25, -0.2) is 4.39 Å². The van der Waals surface area contributed by atoms with Crippen molar-refractivity contribution in [2.75, 3.05) is 26.7 Å². The number of hydrogen-bond donors (Lipinski definition) is 1. The summed E-state index contributed by atoms with van der Waals surface area (Å²) >= 11 is 0. The molecule has 2 amide bonds. The molecule has 2 heterocycles. The van der Waals surface area contributed by atoms with E-state index in [1.165, 1.54) is 12.1 Å². The number of carbonyl (C=O) groups is 2. The SMILES string of the molecule is CNC(=O)[C@@]1(Cc2cccc(-c3cccc(F)c3)c2)CN(C(=O)c2ccccn2)CCO1. The van der Waals surface area contributed by atoms with Gasteiger partial charge in [0, 0.05) is 26.2 Å². The summed E-state index contributed by atoms with van der Waals surface area (Å²) in [5.41, 5.74) is 1.53. The van der Waals surface area contributed by atoms with Crippen LogP contribution in [0.3, 0.4) is 0 Å². The maximum absolute atomic E-state index is 13.7. The highest BCUT2D eigenvalue weighted by Gasteiger charge is 2.45. The summed E-state index contributed by atoms with van der Waals surface area (Å²) in [5.74, 6) is -0.850. The van der Waals surface area contributed by atoms with Gasteiger partial charge in [-0.2, -0.15) is 0 Å². The van der Waals surface area contributed by atoms with Crippen LogP contribution in [0.15, 0.2) is 72.9 Å². The maximum Gasteiger partial charge on any atom is 0.272 e. The van der Waals surface area contributed by atoms with Gasteiger partial charge in [-0.05, 0) is 41.0 Å². The van der Waals surface area contributed by atoms with E-state index in [2.05, 4.69) is 10.3 Å². The van der Waals surface area contributed by atoms with E-state index in [9.17, 15) is 14.0 Å². The van der Waals surface area contributed by atoms with Crippen molar-refractivity contribution in [2.45, 2.75) is 12.0 Å². The Bertz CT molecular complexity index is 1120. The van der Waals surface area contributed by atoms with E-state index in [0.29, 0.717) is 12.2 Å². The third kappa shape index (κ3) is 4.53. The fraction of sp³-hybridized carbons (Fsp3) is 0.240. The maximum atomic E-state index is 13.7. The van der Waals surface area contributed by atoms with Gasteiger partial charge in [-0.15, -0.1) is 0 Å². The number of ether oxygens (including phenoxy) is 1. The number of nitrogens with zero attached hydrogens (tertiary/aromatic N) is 2. The van der Waals surface area contributed by atoms with Crippen LogP contribution in [0.25, 0.3) is 11.1 Å². The summed E-state index contributed by atoms with van der Waals surface area (Å²) in [7, 11) is 1.55. The first kappa shape index (κ1) is 21.6. The highest BCUT2D eigenvalue weighted by atomic mass is 19.1. The number of carbonyl (C=O) groups excluding carboxylic acids is 2. The topological polar surface area (TPSA) is 71.5 Å². The minimum atomic E-state index is -1.24. The molecule has 1 aliphatic heterocycles. The van der Waals surface area contributed by atoms with Crippen molar-refractivity contribution >= 4 is 11.8 Å². The number of nitrogens with one attached hydrogen (secondary N) is 1. The van der Waals surface area contributed by atoms with E-state index in [0.717, 1.165) is 16.7 Å². The molecule has 6 nitrogen and oxygen atoms in total. The van der Waals surface area contributed by atoms with Crippen molar-refractivity contribution in [2.24, 2.45) is 0 Å². The number of halogens is 1. The molecular weight excluding hydrogens is 409 g/mol. The van der Waals surface area contributed by atoms with Crippen LogP contribution >= 0.6 is 0 Å². The highest BCUT2D eigenvalue weighted by Crippen LogP contribution is 2.28. The van der Waals surface area contributed by atoms with Gasteiger partial charge >= 0.3 is 0 Å². The van der Waals surface area contributed by atoms with Crippen LogP contribution in [0.2, 0.25) is 0 Å². The minimum Gasteiger partial charge on any atom is -0.361 e.